The number of hydrogen-bond donors (Lipinski definition) is 0. The first-order valence-corrected chi connectivity index (χ1v) is 37.6. The van der Waals surface area contributed by atoms with Crippen LogP contribution in [0.4, 0.5) is 56.9 Å². The zero-order valence-corrected chi connectivity index (χ0v) is 69.2. The van der Waals surface area contributed by atoms with Crippen molar-refractivity contribution in [3.63, 3.8) is 0 Å². The molecule has 0 amide bonds. The number of rotatable bonds is 14. The molecular formula is C99H125N5. The fourth-order valence-electron chi connectivity index (χ4n) is 13.7. The average Bonchev–Trinajstić information content (AvgIpc) is 0.781. The van der Waals surface area contributed by atoms with Gasteiger partial charge < -0.3 is 24.5 Å². The van der Waals surface area contributed by atoms with Crippen molar-refractivity contribution in [2.45, 2.75) is 189 Å². The van der Waals surface area contributed by atoms with E-state index in [-0.39, 0.29) is 5.41 Å². The molecule has 0 saturated heterocycles. The summed E-state index contributed by atoms with van der Waals surface area (Å²) < 4.78 is 0. The summed E-state index contributed by atoms with van der Waals surface area (Å²) in [4.78, 5) is 11.4. The summed E-state index contributed by atoms with van der Waals surface area (Å²) >= 11 is 0. The van der Waals surface area contributed by atoms with Crippen molar-refractivity contribution in [1.29, 1.82) is 0 Å². The number of aryl methyl sites for hydroxylation is 10. The van der Waals surface area contributed by atoms with Gasteiger partial charge in [-0.25, -0.2) is 0 Å². The molecule has 0 unspecified atom stereocenters. The summed E-state index contributed by atoms with van der Waals surface area (Å²) in [6, 6.07) is 77.1. The van der Waals surface area contributed by atoms with Gasteiger partial charge in [0.15, 0.2) is 0 Å². The van der Waals surface area contributed by atoms with E-state index in [1.54, 1.807) is 0 Å². The first-order chi connectivity index (χ1) is 49.0. The van der Waals surface area contributed by atoms with Gasteiger partial charge in [-0.3, -0.25) is 0 Å². The van der Waals surface area contributed by atoms with Crippen molar-refractivity contribution in [3.8, 4) is 11.1 Å². The molecule has 11 aromatic rings. The highest BCUT2D eigenvalue weighted by molar-refractivity contribution is 5.75. The summed E-state index contributed by atoms with van der Waals surface area (Å²) in [5.74, 6) is 1.74. The second-order valence-electron chi connectivity index (χ2n) is 31.2. The lowest BCUT2D eigenvalue weighted by Crippen LogP contribution is -2.14. The third-order valence-electron chi connectivity index (χ3n) is 21.4. The Hall–Kier alpha value is -9.58. The summed E-state index contributed by atoms with van der Waals surface area (Å²) in [5, 5.41) is 0. The van der Waals surface area contributed by atoms with Crippen molar-refractivity contribution in [1.82, 2.24) is 0 Å². The lowest BCUT2D eigenvalue weighted by Gasteiger charge is -2.27. The Balaban J connectivity index is 0.000000182. The van der Waals surface area contributed by atoms with E-state index in [1.807, 2.05) is 6.07 Å². The Bertz CT molecular complexity index is 4530. The summed E-state index contributed by atoms with van der Waals surface area (Å²) in [6.45, 7) is 53.0. The molecule has 0 heterocycles. The maximum Gasteiger partial charge on any atom is 0.0473 e. The van der Waals surface area contributed by atoms with E-state index in [0.717, 1.165) is 0 Å². The first kappa shape index (κ1) is 81.7. The standard InChI is InChI=1S/C21H21N.C21H29N.C20H27N.C19H25N.C18H23N/c1-16-9-12-21(15-17(16)2)22(3)20-13-10-19(11-14-20)18-7-5-4-6-8-18;1-13(2)19-9-11-20(12-10-19)22(8)21-17(6)15(4)14(3)16(5)18(21)7;1-14-12-16(3)19(13-15(14)2)21(7)18-10-8-17(9-11-18)20(4,5)6;1-13(2)17-7-9-18(10-8-17)20(6)19-15(4)11-14(3)12-16(19)5;1-13(2)16-7-9-17(10-8-16)19(5)18-11-6-14(3)12-15(18)4/h4-15H,1-3H3;9-13H,1-8H3;8-13H,1-7H3;7-13H,1-6H3;6-13H,1-5H3. The van der Waals surface area contributed by atoms with E-state index in [0.29, 0.717) is 17.8 Å². The lowest BCUT2D eigenvalue weighted by molar-refractivity contribution is 0.590. The predicted octanol–water partition coefficient (Wildman–Crippen LogP) is 28.2. The minimum absolute atomic E-state index is 0.202. The minimum Gasteiger partial charge on any atom is -0.345 e. The highest BCUT2D eigenvalue weighted by atomic mass is 15.1. The van der Waals surface area contributed by atoms with Gasteiger partial charge in [-0.15, -0.1) is 0 Å². The molecule has 11 aromatic carbocycles. The van der Waals surface area contributed by atoms with Gasteiger partial charge in [-0.2, -0.15) is 0 Å². The van der Waals surface area contributed by atoms with Gasteiger partial charge in [0.2, 0.25) is 0 Å². The quantitative estimate of drug-likeness (QED) is 0.108. The van der Waals surface area contributed by atoms with Crippen LogP contribution in [-0.4, -0.2) is 35.2 Å². The largest absolute Gasteiger partial charge is 0.345 e. The van der Waals surface area contributed by atoms with Crippen LogP contribution in [0.1, 0.15) is 186 Å². The fraction of sp³-hybridized carbons (Fsp3) is 0.333. The third-order valence-corrected chi connectivity index (χ3v) is 21.4. The van der Waals surface area contributed by atoms with Crippen molar-refractivity contribution in [3.05, 3.63) is 318 Å². The van der Waals surface area contributed by atoms with E-state index in [2.05, 4.69) is 432 Å². The fourth-order valence-corrected chi connectivity index (χ4v) is 13.7. The van der Waals surface area contributed by atoms with Gasteiger partial charge in [-0.05, 0) is 318 Å². The number of nitrogens with zero attached hydrogens (tertiary/aromatic N) is 5. The molecule has 546 valence electrons. The SMILES string of the molecule is Cc1c(C)c(C)c(N(C)c2ccc(C(C)C)cc2)c(C)c1C.Cc1cc(C)c(N(C)c2ccc(C(C)(C)C)cc2)cc1C.Cc1cc(C)c(N(C)c2ccc(C(C)C)cc2)c(C)c1.Cc1ccc(N(C)c2ccc(-c3ccccc3)cc2)cc1C.Cc1ccc(N(C)c2ccc(C(C)C)cc2)c(C)c1. The number of benzene rings is 11. The molecule has 0 spiro atoms. The van der Waals surface area contributed by atoms with Gasteiger partial charge in [-0.1, -0.05) is 201 Å². The highest BCUT2D eigenvalue weighted by Gasteiger charge is 2.19. The Kier molecular flexibility index (Phi) is 28.5. The molecule has 0 bridgehead atoms. The van der Waals surface area contributed by atoms with Crippen LogP contribution >= 0.6 is 0 Å². The molecule has 0 atom stereocenters. The molecule has 0 aromatic heterocycles. The van der Waals surface area contributed by atoms with E-state index < -0.39 is 0 Å². The molecule has 104 heavy (non-hydrogen) atoms. The summed E-state index contributed by atoms with van der Waals surface area (Å²) in [6.07, 6.45) is 0. The lowest BCUT2D eigenvalue weighted by atomic mass is 9.87. The van der Waals surface area contributed by atoms with E-state index in [9.17, 15) is 0 Å². The Morgan fingerprint density at radius 2 is 0.587 bits per heavy atom. The maximum absolute atomic E-state index is 2.33. The van der Waals surface area contributed by atoms with E-state index in [1.165, 1.54) is 174 Å². The molecule has 0 fully saturated rings. The predicted molar refractivity (Wildman–Crippen MR) is 462 cm³/mol. The Morgan fingerprint density at radius 3 is 1.02 bits per heavy atom. The van der Waals surface area contributed by atoms with Crippen molar-refractivity contribution in [2.24, 2.45) is 0 Å². The second-order valence-corrected chi connectivity index (χ2v) is 31.2. The first-order valence-electron chi connectivity index (χ1n) is 37.6. The average molecular weight is 1390 g/mol. The van der Waals surface area contributed by atoms with Gasteiger partial charge in [0.25, 0.3) is 0 Å². The van der Waals surface area contributed by atoms with Crippen LogP contribution in [0.15, 0.2) is 212 Å². The van der Waals surface area contributed by atoms with Gasteiger partial charge in [0, 0.05) is 92.1 Å². The molecule has 0 aliphatic heterocycles. The van der Waals surface area contributed by atoms with Crippen LogP contribution in [-0.2, 0) is 5.41 Å². The maximum atomic E-state index is 2.33. The minimum atomic E-state index is 0.202. The Morgan fingerprint density at radius 1 is 0.240 bits per heavy atom. The molecule has 0 N–H and O–H groups in total. The van der Waals surface area contributed by atoms with Gasteiger partial charge in [0.1, 0.15) is 0 Å². The Labute approximate surface area is 631 Å². The monoisotopic (exact) mass is 1380 g/mol. The van der Waals surface area contributed by atoms with Gasteiger partial charge >= 0.3 is 0 Å². The molecule has 5 nitrogen and oxygen atoms in total. The van der Waals surface area contributed by atoms with Crippen LogP contribution in [0.5, 0.6) is 0 Å². The highest BCUT2D eigenvalue weighted by Crippen LogP contribution is 2.39. The zero-order valence-electron chi connectivity index (χ0n) is 69.2. The topological polar surface area (TPSA) is 16.2 Å². The summed E-state index contributed by atoms with van der Waals surface area (Å²) in [7, 11) is 10.7. The van der Waals surface area contributed by atoms with Gasteiger partial charge in [0.05, 0.1) is 0 Å². The van der Waals surface area contributed by atoms with E-state index >= 15 is 0 Å². The van der Waals surface area contributed by atoms with Crippen molar-refractivity contribution < 1.29 is 0 Å². The van der Waals surface area contributed by atoms with Crippen molar-refractivity contribution in [2.75, 3.05) is 59.7 Å². The molecule has 5 heteroatoms. The molecule has 0 aliphatic carbocycles. The smallest absolute Gasteiger partial charge is 0.0473 e. The van der Waals surface area contributed by atoms with Crippen LogP contribution < -0.4 is 24.5 Å². The number of hydrogen-bond acceptors (Lipinski definition) is 5. The molecular weight excluding hydrogens is 1260 g/mol. The number of anilines is 10. The zero-order chi connectivity index (χ0) is 76.8. The van der Waals surface area contributed by atoms with Crippen LogP contribution in [0.2, 0.25) is 0 Å². The van der Waals surface area contributed by atoms with Crippen LogP contribution in [0, 0.1) is 104 Å². The molecule has 0 radical (unpaired) electrons. The van der Waals surface area contributed by atoms with E-state index in [4.69, 9.17) is 0 Å². The third kappa shape index (κ3) is 20.9. The van der Waals surface area contributed by atoms with Crippen LogP contribution in [0.3, 0.4) is 0 Å². The van der Waals surface area contributed by atoms with Crippen molar-refractivity contribution >= 4 is 56.9 Å². The molecule has 11 rings (SSSR count). The summed E-state index contributed by atoms with van der Waals surface area (Å²) in [5.41, 5.74) is 41.1. The van der Waals surface area contributed by atoms with Crippen LogP contribution in [0.25, 0.3) is 11.1 Å². The molecule has 0 aliphatic rings. The molecule has 0 saturated carbocycles. The second kappa shape index (κ2) is 36.2. The normalized spacial score (nSPS) is 11.0.